The molecule has 0 saturated heterocycles. The number of benzene rings is 1. The van der Waals surface area contributed by atoms with Gasteiger partial charge in [-0.2, -0.15) is 0 Å². The number of rotatable bonds is 7. The minimum atomic E-state index is -0.411. The van der Waals surface area contributed by atoms with Crippen LogP contribution in [0.25, 0.3) is 20.7 Å². The molecule has 1 saturated carbocycles. The molecule has 2 heterocycles. The van der Waals surface area contributed by atoms with Crippen molar-refractivity contribution in [2.75, 3.05) is 13.7 Å². The fraction of sp³-hybridized carbons (Fsp3) is 0.300. The Hall–Kier alpha value is -3.20. The number of carbonyl (C=O) groups excluding carboxylic acids is 2. The van der Waals surface area contributed by atoms with Gasteiger partial charge in [0.15, 0.2) is 0 Å². The first kappa shape index (κ1) is 19.1. The summed E-state index contributed by atoms with van der Waals surface area (Å²) in [7, 11) is 1.61. The van der Waals surface area contributed by atoms with E-state index in [9.17, 15) is 14.4 Å². The van der Waals surface area contributed by atoms with Crippen molar-refractivity contribution >= 4 is 33.4 Å². The van der Waals surface area contributed by atoms with Crippen LogP contribution in [0.4, 0.5) is 0 Å². The van der Waals surface area contributed by atoms with Crippen LogP contribution in [0.15, 0.2) is 41.5 Å². The van der Waals surface area contributed by atoms with Crippen molar-refractivity contribution in [3.05, 3.63) is 47.0 Å². The van der Waals surface area contributed by atoms with Crippen LogP contribution in [-0.2, 0) is 16.1 Å². The quantitative estimate of drug-likeness (QED) is 0.613. The van der Waals surface area contributed by atoms with Crippen LogP contribution in [0.2, 0.25) is 0 Å². The van der Waals surface area contributed by atoms with Crippen LogP contribution in [-0.4, -0.2) is 41.1 Å². The third kappa shape index (κ3) is 4.45. The number of carbonyl (C=O) groups is 2. The van der Waals surface area contributed by atoms with E-state index in [4.69, 9.17) is 4.74 Å². The number of thiophene rings is 1. The number of ether oxygens (including phenoxy) is 1. The van der Waals surface area contributed by atoms with Gasteiger partial charge in [0.25, 0.3) is 5.56 Å². The van der Waals surface area contributed by atoms with Crippen molar-refractivity contribution < 1.29 is 14.3 Å². The molecule has 2 aromatic heterocycles. The van der Waals surface area contributed by atoms with Crippen LogP contribution in [0.1, 0.15) is 12.8 Å². The Morgan fingerprint density at radius 3 is 2.69 bits per heavy atom. The van der Waals surface area contributed by atoms with Gasteiger partial charge >= 0.3 is 0 Å². The summed E-state index contributed by atoms with van der Waals surface area (Å²) in [5, 5.41) is 5.33. The van der Waals surface area contributed by atoms with Crippen LogP contribution < -0.4 is 20.9 Å². The first-order valence-electron chi connectivity index (χ1n) is 9.23. The Labute approximate surface area is 170 Å². The first-order chi connectivity index (χ1) is 14.0. The predicted octanol–water partition coefficient (Wildman–Crippen LogP) is 1.53. The molecule has 150 valence electrons. The van der Waals surface area contributed by atoms with E-state index in [0.29, 0.717) is 10.2 Å². The average molecular weight is 412 g/mol. The smallest absolute Gasteiger partial charge is 0.271 e. The van der Waals surface area contributed by atoms with E-state index in [2.05, 4.69) is 15.6 Å². The number of hydrogen-bond acceptors (Lipinski definition) is 6. The van der Waals surface area contributed by atoms with E-state index in [-0.39, 0.29) is 30.6 Å². The topological polar surface area (TPSA) is 102 Å². The summed E-state index contributed by atoms with van der Waals surface area (Å²) in [5.74, 6) is 0.127. The number of nitrogens with one attached hydrogen (secondary N) is 2. The molecule has 4 rings (SSSR count). The summed E-state index contributed by atoms with van der Waals surface area (Å²) in [6, 6.07) is 9.65. The molecule has 1 fully saturated rings. The normalized spacial score (nSPS) is 13.3. The number of fused-ring (bicyclic) bond motifs is 1. The Bertz CT molecular complexity index is 1120. The van der Waals surface area contributed by atoms with Gasteiger partial charge in [0.2, 0.25) is 11.8 Å². The Kier molecular flexibility index (Phi) is 5.30. The van der Waals surface area contributed by atoms with Gasteiger partial charge in [-0.25, -0.2) is 4.98 Å². The molecule has 8 nitrogen and oxygen atoms in total. The number of amides is 2. The highest BCUT2D eigenvalue weighted by Gasteiger charge is 2.23. The van der Waals surface area contributed by atoms with Gasteiger partial charge in [-0.1, -0.05) is 0 Å². The Balaban J connectivity index is 1.47. The zero-order valence-electron chi connectivity index (χ0n) is 15.8. The van der Waals surface area contributed by atoms with Crippen molar-refractivity contribution in [3.63, 3.8) is 0 Å². The summed E-state index contributed by atoms with van der Waals surface area (Å²) >= 11 is 1.33. The lowest BCUT2D eigenvalue weighted by Crippen LogP contribution is -2.40. The molecular weight excluding hydrogens is 392 g/mol. The number of aromatic nitrogens is 2. The predicted molar refractivity (Wildman–Crippen MR) is 110 cm³/mol. The highest BCUT2D eigenvalue weighted by atomic mass is 32.1. The zero-order chi connectivity index (χ0) is 20.4. The molecule has 1 aliphatic rings. The van der Waals surface area contributed by atoms with Crippen molar-refractivity contribution in [3.8, 4) is 16.2 Å². The number of hydrogen-bond donors (Lipinski definition) is 2. The maximum atomic E-state index is 12.8. The summed E-state index contributed by atoms with van der Waals surface area (Å²) in [4.78, 5) is 41.7. The van der Waals surface area contributed by atoms with Gasteiger partial charge in [-0.3, -0.25) is 19.0 Å². The van der Waals surface area contributed by atoms with E-state index in [1.165, 1.54) is 22.2 Å². The molecule has 0 atom stereocenters. The fourth-order valence-corrected chi connectivity index (χ4v) is 3.92. The van der Waals surface area contributed by atoms with E-state index in [0.717, 1.165) is 29.0 Å². The minimum Gasteiger partial charge on any atom is -0.497 e. The van der Waals surface area contributed by atoms with Crippen LogP contribution in [0.3, 0.4) is 0 Å². The Morgan fingerprint density at radius 1 is 1.24 bits per heavy atom. The van der Waals surface area contributed by atoms with Gasteiger partial charge in [0.1, 0.15) is 17.0 Å². The monoisotopic (exact) mass is 412 g/mol. The van der Waals surface area contributed by atoms with Gasteiger partial charge < -0.3 is 15.4 Å². The molecule has 9 heteroatoms. The molecule has 1 aliphatic carbocycles. The summed E-state index contributed by atoms with van der Waals surface area (Å²) in [5.41, 5.74) is 1.27. The van der Waals surface area contributed by atoms with Crippen molar-refractivity contribution in [2.24, 2.45) is 0 Å². The second-order valence-electron chi connectivity index (χ2n) is 6.85. The zero-order valence-corrected chi connectivity index (χ0v) is 16.6. The van der Waals surface area contributed by atoms with Crippen molar-refractivity contribution in [2.45, 2.75) is 25.4 Å². The molecule has 2 amide bonds. The van der Waals surface area contributed by atoms with Gasteiger partial charge in [-0.15, -0.1) is 11.3 Å². The third-order valence-corrected chi connectivity index (χ3v) is 5.74. The van der Waals surface area contributed by atoms with Crippen LogP contribution >= 0.6 is 11.3 Å². The molecular formula is C20H20N4O4S. The maximum Gasteiger partial charge on any atom is 0.271 e. The third-order valence-electron chi connectivity index (χ3n) is 4.58. The summed E-state index contributed by atoms with van der Waals surface area (Å²) in [6.07, 6.45) is 3.33. The van der Waals surface area contributed by atoms with E-state index < -0.39 is 5.91 Å². The first-order valence-corrected chi connectivity index (χ1v) is 10.0. The molecule has 0 aliphatic heterocycles. The SMILES string of the molecule is COc1ccc(-c2cc3ncn(CC(=O)NCC(=O)NC4CC4)c(=O)c3s2)cc1. The van der Waals surface area contributed by atoms with Gasteiger partial charge in [-0.05, 0) is 48.7 Å². The van der Waals surface area contributed by atoms with E-state index >= 15 is 0 Å². The molecule has 1 aromatic carbocycles. The lowest BCUT2D eigenvalue weighted by molar-refractivity contribution is -0.126. The molecule has 0 bridgehead atoms. The second-order valence-corrected chi connectivity index (χ2v) is 7.90. The minimum absolute atomic E-state index is 0.0968. The summed E-state index contributed by atoms with van der Waals surface area (Å²) < 4.78 is 6.91. The molecule has 29 heavy (non-hydrogen) atoms. The standard InChI is InChI=1S/C20H20N4O4S/c1-28-14-6-2-12(3-7-14)16-8-15-19(29-16)20(27)24(11-22-15)10-18(26)21-9-17(25)23-13-4-5-13/h2-3,6-8,11,13H,4-5,9-10H2,1H3,(H,21,26)(H,23,25). The lowest BCUT2D eigenvalue weighted by Gasteiger charge is -2.07. The fourth-order valence-electron chi connectivity index (χ4n) is 2.85. The van der Waals surface area contributed by atoms with Gasteiger partial charge in [0.05, 0.1) is 25.5 Å². The molecule has 3 aromatic rings. The molecule has 0 radical (unpaired) electrons. The summed E-state index contributed by atoms with van der Waals surface area (Å²) in [6.45, 7) is -0.283. The van der Waals surface area contributed by atoms with Crippen LogP contribution in [0, 0.1) is 0 Å². The Morgan fingerprint density at radius 2 is 2.00 bits per heavy atom. The van der Waals surface area contributed by atoms with Crippen LogP contribution in [0.5, 0.6) is 5.75 Å². The van der Waals surface area contributed by atoms with Gasteiger partial charge in [0, 0.05) is 10.9 Å². The van der Waals surface area contributed by atoms with Crippen molar-refractivity contribution in [1.29, 1.82) is 0 Å². The number of nitrogens with zero attached hydrogens (tertiary/aromatic N) is 2. The van der Waals surface area contributed by atoms with E-state index in [1.807, 2.05) is 30.3 Å². The highest BCUT2D eigenvalue weighted by Crippen LogP contribution is 2.31. The molecule has 0 spiro atoms. The maximum absolute atomic E-state index is 12.8. The highest BCUT2D eigenvalue weighted by molar-refractivity contribution is 7.22. The number of methoxy groups -OCH3 is 1. The molecule has 0 unspecified atom stereocenters. The largest absolute Gasteiger partial charge is 0.497 e. The second kappa shape index (κ2) is 8.04. The van der Waals surface area contributed by atoms with Crippen molar-refractivity contribution in [1.82, 2.24) is 20.2 Å². The average Bonchev–Trinajstić information content (AvgIpc) is 3.43. The van der Waals surface area contributed by atoms with E-state index in [1.54, 1.807) is 7.11 Å². The lowest BCUT2D eigenvalue weighted by atomic mass is 10.2. The molecule has 2 N–H and O–H groups in total.